The summed E-state index contributed by atoms with van der Waals surface area (Å²) in [5, 5.41) is 14.7. The van der Waals surface area contributed by atoms with Crippen LogP contribution in [0.3, 0.4) is 0 Å². The van der Waals surface area contributed by atoms with Crippen LogP contribution in [0.25, 0.3) is 0 Å². The average molecular weight is 375 g/mol. The summed E-state index contributed by atoms with van der Waals surface area (Å²) in [6, 6.07) is 13.8. The number of nitrogens with two attached hydrogens (primary N) is 1. The lowest BCUT2D eigenvalue weighted by Gasteiger charge is -2.12. The lowest BCUT2D eigenvalue weighted by Crippen LogP contribution is -2.23. The topological polar surface area (TPSA) is 108 Å². The minimum Gasteiger partial charge on any atom is -0.375 e. The first-order chi connectivity index (χ1) is 12.0. The van der Waals surface area contributed by atoms with Gasteiger partial charge < -0.3 is 16.4 Å². The predicted octanol–water partition coefficient (Wildman–Crippen LogP) is 3.11. The van der Waals surface area contributed by atoms with Gasteiger partial charge in [0.05, 0.1) is 29.6 Å². The quantitative estimate of drug-likeness (QED) is 0.645. The molecule has 0 saturated heterocycles. The van der Waals surface area contributed by atoms with E-state index in [4.69, 9.17) is 22.6 Å². The van der Waals surface area contributed by atoms with Crippen molar-refractivity contribution in [3.63, 3.8) is 0 Å². The van der Waals surface area contributed by atoms with Crippen LogP contribution in [0.2, 0.25) is 5.02 Å². The lowest BCUT2D eigenvalue weighted by molar-refractivity contribution is -0.114. The molecular weight excluding hydrogens is 360 g/mol. The molecule has 0 aliphatic carbocycles. The third-order valence-electron chi connectivity index (χ3n) is 3.14. The van der Waals surface area contributed by atoms with Gasteiger partial charge in [-0.05, 0) is 30.3 Å². The van der Waals surface area contributed by atoms with E-state index in [-0.39, 0.29) is 23.8 Å². The standard InChI is InChI=1S/C17H15ClN4O2S/c18-11-5-6-12(17(20)24)14(9-11)21-10-16(23)22-13-3-1-2-4-15(13)25-8-7-19/h1-6,9,21H,8,10H2,(H2,20,24)(H,22,23). The Bertz CT molecular complexity index is 836. The third-order valence-corrected chi connectivity index (χ3v) is 4.32. The Labute approximate surface area is 154 Å². The number of rotatable bonds is 7. The molecule has 0 bridgehead atoms. The molecule has 2 aromatic carbocycles. The van der Waals surface area contributed by atoms with E-state index < -0.39 is 5.91 Å². The van der Waals surface area contributed by atoms with E-state index in [1.54, 1.807) is 18.2 Å². The van der Waals surface area contributed by atoms with Gasteiger partial charge in [-0.15, -0.1) is 11.8 Å². The molecular formula is C17H15ClN4O2S. The third kappa shape index (κ3) is 5.41. The summed E-state index contributed by atoms with van der Waals surface area (Å²) in [7, 11) is 0. The number of para-hydroxylation sites is 1. The van der Waals surface area contributed by atoms with E-state index >= 15 is 0 Å². The Morgan fingerprint density at radius 2 is 1.96 bits per heavy atom. The highest BCUT2D eigenvalue weighted by Crippen LogP contribution is 2.26. The summed E-state index contributed by atoms with van der Waals surface area (Å²) in [5.74, 6) is -0.631. The largest absolute Gasteiger partial charge is 0.375 e. The van der Waals surface area contributed by atoms with Crippen LogP contribution in [-0.4, -0.2) is 24.1 Å². The molecule has 0 aromatic heterocycles. The highest BCUT2D eigenvalue weighted by Gasteiger charge is 2.11. The van der Waals surface area contributed by atoms with Gasteiger partial charge in [-0.2, -0.15) is 5.26 Å². The van der Waals surface area contributed by atoms with Crippen LogP contribution >= 0.6 is 23.4 Å². The maximum absolute atomic E-state index is 12.2. The molecule has 0 aliphatic rings. The number of hydrogen-bond acceptors (Lipinski definition) is 5. The summed E-state index contributed by atoms with van der Waals surface area (Å²) in [6.45, 7) is -0.0716. The average Bonchev–Trinajstić information content (AvgIpc) is 2.59. The molecule has 0 fully saturated rings. The number of anilines is 2. The summed E-state index contributed by atoms with van der Waals surface area (Å²) < 4.78 is 0. The zero-order chi connectivity index (χ0) is 18.2. The van der Waals surface area contributed by atoms with Gasteiger partial charge in [-0.1, -0.05) is 23.7 Å². The summed E-state index contributed by atoms with van der Waals surface area (Å²) >= 11 is 7.25. The van der Waals surface area contributed by atoms with Crippen LogP contribution in [0, 0.1) is 11.3 Å². The molecule has 25 heavy (non-hydrogen) atoms. The van der Waals surface area contributed by atoms with E-state index in [9.17, 15) is 9.59 Å². The molecule has 6 nitrogen and oxygen atoms in total. The van der Waals surface area contributed by atoms with Gasteiger partial charge in [-0.25, -0.2) is 0 Å². The van der Waals surface area contributed by atoms with E-state index in [1.165, 1.54) is 23.9 Å². The second kappa shape index (κ2) is 8.97. The highest BCUT2D eigenvalue weighted by molar-refractivity contribution is 7.99. The van der Waals surface area contributed by atoms with Crippen molar-refractivity contribution in [2.75, 3.05) is 22.9 Å². The Balaban J connectivity index is 2.04. The number of halogens is 1. The summed E-state index contributed by atoms with van der Waals surface area (Å²) in [4.78, 5) is 24.4. The first-order valence-corrected chi connectivity index (χ1v) is 8.59. The predicted molar refractivity (Wildman–Crippen MR) is 99.9 cm³/mol. The van der Waals surface area contributed by atoms with Crippen LogP contribution in [-0.2, 0) is 4.79 Å². The molecule has 2 rings (SSSR count). The second-order valence-electron chi connectivity index (χ2n) is 4.90. The maximum Gasteiger partial charge on any atom is 0.250 e. The number of nitrogens with one attached hydrogen (secondary N) is 2. The Morgan fingerprint density at radius 3 is 2.68 bits per heavy atom. The number of carbonyl (C=O) groups excluding carboxylic acids is 2. The van der Waals surface area contributed by atoms with Crippen molar-refractivity contribution in [3.05, 3.63) is 53.1 Å². The van der Waals surface area contributed by atoms with Gasteiger partial charge in [0.25, 0.3) is 5.91 Å². The van der Waals surface area contributed by atoms with Crippen LogP contribution in [0.4, 0.5) is 11.4 Å². The van der Waals surface area contributed by atoms with Crippen molar-refractivity contribution < 1.29 is 9.59 Å². The Kier molecular flexibility index (Phi) is 6.69. The van der Waals surface area contributed by atoms with Gasteiger partial charge in [0, 0.05) is 15.6 Å². The number of hydrogen-bond donors (Lipinski definition) is 3. The van der Waals surface area contributed by atoms with Crippen LogP contribution in [0.1, 0.15) is 10.4 Å². The number of benzene rings is 2. The van der Waals surface area contributed by atoms with Crippen LogP contribution in [0.15, 0.2) is 47.4 Å². The van der Waals surface area contributed by atoms with E-state index in [0.29, 0.717) is 16.4 Å². The van der Waals surface area contributed by atoms with E-state index in [2.05, 4.69) is 10.6 Å². The smallest absolute Gasteiger partial charge is 0.250 e. The number of nitriles is 1. The maximum atomic E-state index is 12.2. The molecule has 0 aliphatic heterocycles. The van der Waals surface area contributed by atoms with Crippen LogP contribution < -0.4 is 16.4 Å². The molecule has 4 N–H and O–H groups in total. The van der Waals surface area contributed by atoms with Gasteiger partial charge in [-0.3, -0.25) is 9.59 Å². The first kappa shape index (κ1) is 18.6. The molecule has 0 radical (unpaired) electrons. The normalized spacial score (nSPS) is 9.92. The van der Waals surface area contributed by atoms with Gasteiger partial charge in [0.15, 0.2) is 0 Å². The van der Waals surface area contributed by atoms with Crippen molar-refractivity contribution in [1.82, 2.24) is 0 Å². The van der Waals surface area contributed by atoms with Gasteiger partial charge in [0.2, 0.25) is 5.91 Å². The highest BCUT2D eigenvalue weighted by atomic mass is 35.5. The number of amides is 2. The number of nitrogens with zero attached hydrogens (tertiary/aromatic N) is 1. The van der Waals surface area contributed by atoms with E-state index in [1.807, 2.05) is 18.2 Å². The number of carbonyl (C=O) groups is 2. The molecule has 2 aromatic rings. The zero-order valence-electron chi connectivity index (χ0n) is 13.1. The van der Waals surface area contributed by atoms with E-state index in [0.717, 1.165) is 4.90 Å². The Hall–Kier alpha value is -2.69. The summed E-state index contributed by atoms with van der Waals surface area (Å²) in [6.07, 6.45) is 0. The molecule has 0 atom stereocenters. The molecule has 0 unspecified atom stereocenters. The summed E-state index contributed by atoms with van der Waals surface area (Å²) in [5.41, 5.74) is 6.57. The number of thioether (sulfide) groups is 1. The minimum atomic E-state index is -0.613. The van der Waals surface area contributed by atoms with Crippen molar-refractivity contribution in [3.8, 4) is 6.07 Å². The fourth-order valence-corrected chi connectivity index (χ4v) is 2.89. The fourth-order valence-electron chi connectivity index (χ4n) is 2.05. The SMILES string of the molecule is N#CCSc1ccccc1NC(=O)CNc1cc(Cl)ccc1C(N)=O. The minimum absolute atomic E-state index is 0.0716. The van der Waals surface area contributed by atoms with Gasteiger partial charge in [0.1, 0.15) is 0 Å². The van der Waals surface area contributed by atoms with Crippen molar-refractivity contribution in [2.45, 2.75) is 4.90 Å². The van der Waals surface area contributed by atoms with Crippen molar-refractivity contribution in [1.29, 1.82) is 5.26 Å². The zero-order valence-corrected chi connectivity index (χ0v) is 14.7. The lowest BCUT2D eigenvalue weighted by atomic mass is 10.1. The first-order valence-electron chi connectivity index (χ1n) is 7.23. The molecule has 8 heteroatoms. The van der Waals surface area contributed by atoms with Crippen molar-refractivity contribution >= 4 is 46.6 Å². The Morgan fingerprint density at radius 1 is 1.20 bits per heavy atom. The molecule has 2 amide bonds. The molecule has 0 heterocycles. The van der Waals surface area contributed by atoms with Gasteiger partial charge >= 0.3 is 0 Å². The second-order valence-corrected chi connectivity index (χ2v) is 6.35. The molecule has 128 valence electrons. The molecule has 0 spiro atoms. The number of primary amides is 1. The molecule has 0 saturated carbocycles. The fraction of sp³-hybridized carbons (Fsp3) is 0.118. The van der Waals surface area contributed by atoms with Crippen LogP contribution in [0.5, 0.6) is 0 Å². The van der Waals surface area contributed by atoms with Crippen molar-refractivity contribution in [2.24, 2.45) is 5.73 Å². The monoisotopic (exact) mass is 374 g/mol.